The van der Waals surface area contributed by atoms with E-state index in [1.807, 2.05) is 24.3 Å². The first-order valence-corrected chi connectivity index (χ1v) is 10.9. The molecular formula is C21H22N6O3S. The maximum Gasteiger partial charge on any atom is 0.262 e. The van der Waals surface area contributed by atoms with Crippen molar-refractivity contribution in [2.24, 2.45) is 5.73 Å². The number of nitrogen functional groups attached to an aromatic ring is 1. The molecule has 2 aromatic carbocycles. The molecule has 0 amide bonds. The van der Waals surface area contributed by atoms with Crippen molar-refractivity contribution in [3.63, 3.8) is 0 Å². The van der Waals surface area contributed by atoms with Gasteiger partial charge in [-0.15, -0.1) is 0 Å². The topological polar surface area (TPSA) is 151 Å². The minimum atomic E-state index is -3.56. The average molecular weight is 439 g/mol. The third-order valence-corrected chi connectivity index (χ3v) is 6.88. The van der Waals surface area contributed by atoms with E-state index in [0.717, 1.165) is 15.4 Å². The summed E-state index contributed by atoms with van der Waals surface area (Å²) < 4.78 is 26.0. The summed E-state index contributed by atoms with van der Waals surface area (Å²) in [5.41, 5.74) is 15.2. The van der Waals surface area contributed by atoms with Crippen LogP contribution in [0, 0.1) is 0 Å². The minimum absolute atomic E-state index is 0.0000156. The number of rotatable bonds is 5. The molecule has 0 spiro atoms. The summed E-state index contributed by atoms with van der Waals surface area (Å²) in [4.78, 5) is 22.9. The van der Waals surface area contributed by atoms with E-state index in [4.69, 9.17) is 11.5 Å². The quantitative estimate of drug-likeness (QED) is 0.373. The van der Waals surface area contributed by atoms with Gasteiger partial charge in [0, 0.05) is 26.2 Å². The lowest BCUT2D eigenvalue weighted by molar-refractivity contribution is 0.521. The van der Waals surface area contributed by atoms with Crippen molar-refractivity contribution in [2.45, 2.75) is 11.4 Å². The number of H-pyrrole nitrogens is 2. The molecule has 2 aromatic heterocycles. The summed E-state index contributed by atoms with van der Waals surface area (Å²) in [5, 5.41) is 0.364. The Hall–Kier alpha value is -3.47. The Kier molecular flexibility index (Phi) is 5.13. The number of hydrogen-bond donors (Lipinski definition) is 4. The van der Waals surface area contributed by atoms with Crippen LogP contribution in [0.5, 0.6) is 0 Å². The second-order valence-electron chi connectivity index (χ2n) is 7.27. The van der Waals surface area contributed by atoms with Crippen LogP contribution < -0.4 is 17.0 Å². The second kappa shape index (κ2) is 7.65. The molecule has 4 rings (SSSR count). The van der Waals surface area contributed by atoms with Crippen molar-refractivity contribution in [1.82, 2.24) is 19.3 Å². The van der Waals surface area contributed by atoms with Crippen molar-refractivity contribution >= 4 is 27.0 Å². The van der Waals surface area contributed by atoms with E-state index in [9.17, 15) is 13.2 Å². The zero-order chi connectivity index (χ0) is 22.3. The van der Waals surface area contributed by atoms with Crippen molar-refractivity contribution in [2.75, 3.05) is 19.8 Å². The first-order valence-electron chi connectivity index (χ1n) is 9.46. The van der Waals surface area contributed by atoms with Crippen LogP contribution in [-0.4, -0.2) is 41.8 Å². The van der Waals surface area contributed by atoms with Crippen molar-refractivity contribution < 1.29 is 8.42 Å². The van der Waals surface area contributed by atoms with Gasteiger partial charge in [-0.05, 0) is 34.9 Å². The molecule has 31 heavy (non-hydrogen) atoms. The van der Waals surface area contributed by atoms with E-state index >= 15 is 0 Å². The summed E-state index contributed by atoms with van der Waals surface area (Å²) in [6.07, 6.45) is 0. The van der Waals surface area contributed by atoms with E-state index in [1.54, 1.807) is 12.1 Å². The molecule has 4 aromatic rings. The summed E-state index contributed by atoms with van der Waals surface area (Å²) in [6.45, 7) is 0.351. The predicted octanol–water partition coefficient (Wildman–Crippen LogP) is 1.88. The molecule has 160 valence electrons. The zero-order valence-electron chi connectivity index (χ0n) is 17.0. The van der Waals surface area contributed by atoms with E-state index in [-0.39, 0.29) is 16.4 Å². The van der Waals surface area contributed by atoms with Crippen LogP contribution in [0.15, 0.2) is 58.2 Å². The van der Waals surface area contributed by atoms with Gasteiger partial charge < -0.3 is 16.5 Å². The van der Waals surface area contributed by atoms with Crippen LogP contribution in [0.3, 0.4) is 0 Å². The zero-order valence-corrected chi connectivity index (χ0v) is 17.8. The fourth-order valence-electron chi connectivity index (χ4n) is 3.48. The molecule has 0 bridgehead atoms. The van der Waals surface area contributed by atoms with Crippen LogP contribution in [-0.2, 0) is 16.6 Å². The Morgan fingerprint density at radius 1 is 1.03 bits per heavy atom. The Morgan fingerprint density at radius 2 is 1.74 bits per heavy atom. The molecule has 0 aliphatic carbocycles. The van der Waals surface area contributed by atoms with Gasteiger partial charge in [-0.2, -0.15) is 4.98 Å². The first-order chi connectivity index (χ1) is 14.7. The number of nitrogens with two attached hydrogens (primary N) is 2. The van der Waals surface area contributed by atoms with Gasteiger partial charge >= 0.3 is 0 Å². The normalized spacial score (nSPS) is 12.0. The lowest BCUT2D eigenvalue weighted by Crippen LogP contribution is -2.22. The lowest BCUT2D eigenvalue weighted by atomic mass is 9.98. The van der Waals surface area contributed by atoms with Crippen LogP contribution in [0.2, 0.25) is 0 Å². The molecule has 0 atom stereocenters. The van der Waals surface area contributed by atoms with Gasteiger partial charge in [0.2, 0.25) is 16.0 Å². The van der Waals surface area contributed by atoms with Crippen LogP contribution in [0.25, 0.3) is 33.4 Å². The molecular weight excluding hydrogens is 416 g/mol. The van der Waals surface area contributed by atoms with E-state index < -0.39 is 10.0 Å². The molecule has 0 saturated heterocycles. The molecule has 9 nitrogen and oxygen atoms in total. The van der Waals surface area contributed by atoms with E-state index in [0.29, 0.717) is 34.4 Å². The summed E-state index contributed by atoms with van der Waals surface area (Å²) in [7, 11) is -0.603. The third kappa shape index (κ3) is 3.61. The van der Waals surface area contributed by atoms with Crippen LogP contribution in [0.1, 0.15) is 5.56 Å². The van der Waals surface area contributed by atoms with Gasteiger partial charge in [-0.1, -0.05) is 30.3 Å². The molecule has 6 N–H and O–H groups in total. The second-order valence-corrected chi connectivity index (χ2v) is 9.42. The minimum Gasteiger partial charge on any atom is -0.369 e. The first kappa shape index (κ1) is 20.8. The number of nitrogens with zero attached hydrogens (tertiary/aromatic N) is 2. The van der Waals surface area contributed by atoms with Gasteiger partial charge in [-0.25, -0.2) is 12.7 Å². The number of nitrogens with one attached hydrogen (secondary N) is 2. The molecule has 0 aliphatic heterocycles. The molecule has 2 heterocycles. The molecule has 0 unspecified atom stereocenters. The number of aromatic nitrogens is 3. The summed E-state index contributed by atoms with van der Waals surface area (Å²) >= 11 is 0. The van der Waals surface area contributed by atoms with E-state index in [2.05, 4.69) is 15.0 Å². The van der Waals surface area contributed by atoms with Crippen LogP contribution in [0.4, 0.5) is 5.95 Å². The number of benzene rings is 2. The highest BCUT2D eigenvalue weighted by Gasteiger charge is 2.21. The van der Waals surface area contributed by atoms with Gasteiger partial charge in [0.1, 0.15) is 5.65 Å². The Bertz CT molecular complexity index is 1440. The average Bonchev–Trinajstić information content (AvgIpc) is 3.13. The number of sulfonamides is 1. The number of aromatic amines is 2. The van der Waals surface area contributed by atoms with Gasteiger partial charge in [0.15, 0.2) is 0 Å². The third-order valence-electron chi connectivity index (χ3n) is 5.05. The predicted molar refractivity (Wildman–Crippen MR) is 121 cm³/mol. The standard InChI is InChI=1S/C21H22N6O3S/c1-27(2)31(29,30)15-8-6-13(7-9-15)18-16(14-5-3-4-12(10-14)11-22)17-19(24-18)25-21(23)26-20(17)28/h3-10H,11,22H2,1-2H3,(H4,23,24,25,26,28). The Balaban J connectivity index is 1.98. The summed E-state index contributed by atoms with van der Waals surface area (Å²) in [5.74, 6) is -0.0000156. The number of fused-ring (bicyclic) bond motifs is 1. The smallest absolute Gasteiger partial charge is 0.262 e. The summed E-state index contributed by atoms with van der Waals surface area (Å²) in [6, 6.07) is 14.0. The van der Waals surface area contributed by atoms with Crippen molar-refractivity contribution in [1.29, 1.82) is 0 Å². The maximum atomic E-state index is 12.7. The highest BCUT2D eigenvalue weighted by atomic mass is 32.2. The van der Waals surface area contributed by atoms with Crippen LogP contribution >= 0.6 is 0 Å². The fraction of sp³-hybridized carbons (Fsp3) is 0.143. The maximum absolute atomic E-state index is 12.7. The van der Waals surface area contributed by atoms with Gasteiger partial charge in [0.25, 0.3) is 5.56 Å². The fourth-order valence-corrected chi connectivity index (χ4v) is 4.38. The van der Waals surface area contributed by atoms with Gasteiger partial charge in [0.05, 0.1) is 16.0 Å². The largest absolute Gasteiger partial charge is 0.369 e. The molecule has 10 heteroatoms. The molecule has 0 saturated carbocycles. The molecule has 0 fully saturated rings. The lowest BCUT2D eigenvalue weighted by Gasteiger charge is -2.12. The molecule has 0 aliphatic rings. The highest BCUT2D eigenvalue weighted by molar-refractivity contribution is 7.89. The molecule has 0 radical (unpaired) electrons. The van der Waals surface area contributed by atoms with Crippen molar-refractivity contribution in [3.8, 4) is 22.4 Å². The highest BCUT2D eigenvalue weighted by Crippen LogP contribution is 2.37. The van der Waals surface area contributed by atoms with E-state index in [1.165, 1.54) is 26.2 Å². The number of anilines is 1. The van der Waals surface area contributed by atoms with Crippen molar-refractivity contribution in [3.05, 3.63) is 64.4 Å². The number of hydrogen-bond acceptors (Lipinski definition) is 6. The monoisotopic (exact) mass is 438 g/mol. The Labute approximate surface area is 178 Å². The van der Waals surface area contributed by atoms with Gasteiger partial charge in [-0.3, -0.25) is 9.78 Å². The SMILES string of the molecule is CN(C)S(=O)(=O)c1ccc(-c2[nH]c3nc(N)[nH]c(=O)c3c2-c2cccc(CN)c2)cc1. The Morgan fingerprint density at radius 3 is 2.39 bits per heavy atom.